The van der Waals surface area contributed by atoms with Crippen LogP contribution < -0.4 is 0 Å². The number of carbonyl (C=O) groups is 2. The summed E-state index contributed by atoms with van der Waals surface area (Å²) in [6, 6.07) is 9.63. The first-order valence-corrected chi connectivity index (χ1v) is 10.5. The van der Waals surface area contributed by atoms with Gasteiger partial charge in [0.25, 0.3) is 5.91 Å². The van der Waals surface area contributed by atoms with Gasteiger partial charge in [0, 0.05) is 50.5 Å². The van der Waals surface area contributed by atoms with Crippen LogP contribution in [0.3, 0.4) is 0 Å². The highest BCUT2D eigenvalue weighted by molar-refractivity contribution is 5.94. The van der Waals surface area contributed by atoms with Crippen molar-refractivity contribution in [2.24, 2.45) is 0 Å². The number of ether oxygens (including phenoxy) is 1. The summed E-state index contributed by atoms with van der Waals surface area (Å²) >= 11 is 0. The van der Waals surface area contributed by atoms with Crippen LogP contribution in [0.4, 0.5) is 0 Å². The van der Waals surface area contributed by atoms with E-state index in [4.69, 9.17) is 4.74 Å². The fourth-order valence-corrected chi connectivity index (χ4v) is 4.03. The number of piperazine rings is 1. The van der Waals surface area contributed by atoms with Crippen LogP contribution in [-0.4, -0.2) is 95.3 Å². The van der Waals surface area contributed by atoms with Gasteiger partial charge in [-0.25, -0.2) is 4.68 Å². The SMILES string of the molecule is Cc1cc(C)n(-c2ccc(C(=O)N3CCN(CC(=O)N4CCOCC4)CC3)cc2)n1. The molecule has 0 saturated carbocycles. The van der Waals surface area contributed by atoms with Crippen molar-refractivity contribution in [3.63, 3.8) is 0 Å². The van der Waals surface area contributed by atoms with Crippen molar-refractivity contribution in [1.82, 2.24) is 24.5 Å². The zero-order chi connectivity index (χ0) is 21.1. The van der Waals surface area contributed by atoms with Crippen LogP contribution >= 0.6 is 0 Å². The van der Waals surface area contributed by atoms with E-state index in [1.807, 2.05) is 58.7 Å². The Balaban J connectivity index is 1.30. The summed E-state index contributed by atoms with van der Waals surface area (Å²) in [5.41, 5.74) is 3.66. The van der Waals surface area contributed by atoms with Crippen LogP contribution in [-0.2, 0) is 9.53 Å². The number of aromatic nitrogens is 2. The molecule has 8 nitrogen and oxygen atoms in total. The second-order valence-electron chi connectivity index (χ2n) is 7.95. The molecule has 0 atom stereocenters. The first kappa shape index (κ1) is 20.6. The lowest BCUT2D eigenvalue weighted by molar-refractivity contribution is -0.136. The van der Waals surface area contributed by atoms with E-state index in [1.165, 1.54) is 0 Å². The standard InChI is InChI=1S/C22H29N5O3/c1-17-15-18(2)27(23-17)20-5-3-19(4-6-20)22(29)26-9-7-24(8-10-26)16-21(28)25-11-13-30-14-12-25/h3-6,15H,7-14,16H2,1-2H3. The molecule has 2 fully saturated rings. The van der Waals surface area contributed by atoms with Crippen LogP contribution in [0, 0.1) is 13.8 Å². The highest BCUT2D eigenvalue weighted by Crippen LogP contribution is 2.15. The molecule has 2 aliphatic rings. The summed E-state index contributed by atoms with van der Waals surface area (Å²) in [7, 11) is 0. The van der Waals surface area contributed by atoms with Gasteiger partial charge in [0.2, 0.25) is 5.91 Å². The average molecular weight is 412 g/mol. The molecule has 2 aromatic rings. The van der Waals surface area contributed by atoms with Gasteiger partial charge in [0.1, 0.15) is 0 Å². The largest absolute Gasteiger partial charge is 0.378 e. The van der Waals surface area contributed by atoms with Crippen molar-refractivity contribution in [3.8, 4) is 5.69 Å². The molecule has 0 unspecified atom stereocenters. The minimum absolute atomic E-state index is 0.0362. The fraction of sp³-hybridized carbons (Fsp3) is 0.500. The van der Waals surface area contributed by atoms with E-state index >= 15 is 0 Å². The van der Waals surface area contributed by atoms with E-state index in [0.29, 0.717) is 64.6 Å². The topological polar surface area (TPSA) is 70.9 Å². The van der Waals surface area contributed by atoms with Crippen LogP contribution in [0.5, 0.6) is 0 Å². The molecule has 1 aromatic carbocycles. The number of rotatable bonds is 4. The first-order valence-electron chi connectivity index (χ1n) is 10.5. The van der Waals surface area contributed by atoms with E-state index in [2.05, 4.69) is 10.00 Å². The van der Waals surface area contributed by atoms with Crippen LogP contribution in [0.15, 0.2) is 30.3 Å². The Morgan fingerprint density at radius 2 is 1.60 bits per heavy atom. The van der Waals surface area contributed by atoms with Gasteiger partial charge >= 0.3 is 0 Å². The minimum Gasteiger partial charge on any atom is -0.378 e. The van der Waals surface area contributed by atoms with E-state index in [1.54, 1.807) is 0 Å². The molecular weight excluding hydrogens is 382 g/mol. The zero-order valence-corrected chi connectivity index (χ0v) is 17.7. The Morgan fingerprint density at radius 3 is 2.20 bits per heavy atom. The number of benzene rings is 1. The lowest BCUT2D eigenvalue weighted by Gasteiger charge is -2.36. The third-order valence-corrected chi connectivity index (χ3v) is 5.75. The Kier molecular flexibility index (Phi) is 6.15. The molecule has 2 saturated heterocycles. The summed E-state index contributed by atoms with van der Waals surface area (Å²) in [5.74, 6) is 0.187. The molecule has 160 valence electrons. The maximum absolute atomic E-state index is 12.9. The normalized spacial score (nSPS) is 17.9. The molecule has 0 spiro atoms. The summed E-state index contributed by atoms with van der Waals surface area (Å²) in [5, 5.41) is 4.49. The molecule has 2 aliphatic heterocycles. The van der Waals surface area contributed by atoms with Gasteiger partial charge in [-0.2, -0.15) is 5.10 Å². The lowest BCUT2D eigenvalue weighted by Crippen LogP contribution is -2.52. The number of amides is 2. The van der Waals surface area contributed by atoms with Gasteiger partial charge in [-0.05, 0) is 44.2 Å². The molecule has 0 N–H and O–H groups in total. The predicted molar refractivity (Wildman–Crippen MR) is 113 cm³/mol. The number of aryl methyl sites for hydroxylation is 2. The molecule has 0 bridgehead atoms. The highest BCUT2D eigenvalue weighted by atomic mass is 16.5. The van der Waals surface area contributed by atoms with Gasteiger partial charge in [-0.15, -0.1) is 0 Å². The molecule has 0 aliphatic carbocycles. The summed E-state index contributed by atoms with van der Waals surface area (Å²) in [6.07, 6.45) is 0. The van der Waals surface area contributed by atoms with Crippen LogP contribution in [0.25, 0.3) is 5.69 Å². The fourth-order valence-electron chi connectivity index (χ4n) is 4.03. The van der Waals surface area contributed by atoms with E-state index in [-0.39, 0.29) is 11.8 Å². The Hall–Kier alpha value is -2.71. The van der Waals surface area contributed by atoms with Gasteiger partial charge < -0.3 is 14.5 Å². The lowest BCUT2D eigenvalue weighted by atomic mass is 10.1. The van der Waals surface area contributed by atoms with E-state index in [0.717, 1.165) is 17.1 Å². The van der Waals surface area contributed by atoms with Crippen molar-refractivity contribution in [3.05, 3.63) is 47.3 Å². The van der Waals surface area contributed by atoms with Gasteiger partial charge in [-0.1, -0.05) is 0 Å². The van der Waals surface area contributed by atoms with Crippen molar-refractivity contribution < 1.29 is 14.3 Å². The molecule has 8 heteroatoms. The smallest absolute Gasteiger partial charge is 0.253 e. The minimum atomic E-state index is 0.0362. The third-order valence-electron chi connectivity index (χ3n) is 5.75. The average Bonchev–Trinajstić information content (AvgIpc) is 3.12. The molecule has 30 heavy (non-hydrogen) atoms. The summed E-state index contributed by atoms with van der Waals surface area (Å²) in [4.78, 5) is 31.2. The Bertz CT molecular complexity index is 894. The number of hydrogen-bond donors (Lipinski definition) is 0. The van der Waals surface area contributed by atoms with E-state index in [9.17, 15) is 9.59 Å². The Morgan fingerprint density at radius 1 is 0.933 bits per heavy atom. The van der Waals surface area contributed by atoms with Crippen molar-refractivity contribution in [2.45, 2.75) is 13.8 Å². The molecule has 1 aromatic heterocycles. The second kappa shape index (κ2) is 8.97. The maximum atomic E-state index is 12.9. The number of nitrogens with zero attached hydrogens (tertiary/aromatic N) is 5. The third kappa shape index (κ3) is 4.55. The van der Waals surface area contributed by atoms with Gasteiger partial charge in [0.15, 0.2) is 0 Å². The Labute approximate surface area is 177 Å². The molecule has 4 rings (SSSR count). The monoisotopic (exact) mass is 411 g/mol. The summed E-state index contributed by atoms with van der Waals surface area (Å²) in [6.45, 7) is 9.67. The predicted octanol–water partition coefficient (Wildman–Crippen LogP) is 1.11. The number of morpholine rings is 1. The molecule has 2 amide bonds. The van der Waals surface area contributed by atoms with Gasteiger partial charge in [-0.3, -0.25) is 14.5 Å². The highest BCUT2D eigenvalue weighted by Gasteiger charge is 2.25. The molecular formula is C22H29N5O3. The maximum Gasteiger partial charge on any atom is 0.253 e. The molecule has 3 heterocycles. The van der Waals surface area contributed by atoms with Crippen molar-refractivity contribution in [1.29, 1.82) is 0 Å². The zero-order valence-electron chi connectivity index (χ0n) is 17.7. The number of carbonyl (C=O) groups excluding carboxylic acids is 2. The van der Waals surface area contributed by atoms with Crippen molar-refractivity contribution in [2.75, 3.05) is 59.0 Å². The quantitative estimate of drug-likeness (QED) is 0.754. The van der Waals surface area contributed by atoms with Crippen molar-refractivity contribution >= 4 is 11.8 Å². The second-order valence-corrected chi connectivity index (χ2v) is 7.95. The number of hydrogen-bond acceptors (Lipinski definition) is 5. The molecule has 0 radical (unpaired) electrons. The van der Waals surface area contributed by atoms with E-state index < -0.39 is 0 Å². The van der Waals surface area contributed by atoms with Gasteiger partial charge in [0.05, 0.1) is 31.1 Å². The van der Waals surface area contributed by atoms with Crippen LogP contribution in [0.2, 0.25) is 0 Å². The van der Waals surface area contributed by atoms with Crippen LogP contribution in [0.1, 0.15) is 21.7 Å². The first-order chi connectivity index (χ1) is 14.5. The summed E-state index contributed by atoms with van der Waals surface area (Å²) < 4.78 is 7.19.